The van der Waals surface area contributed by atoms with Gasteiger partial charge < -0.3 is 4.74 Å². The van der Waals surface area contributed by atoms with Crippen LogP contribution in [0.1, 0.15) is 22.3 Å². The van der Waals surface area contributed by atoms with Gasteiger partial charge in [0, 0.05) is 0 Å². The Kier molecular flexibility index (Phi) is 4.98. The van der Waals surface area contributed by atoms with Gasteiger partial charge in [0.2, 0.25) is 0 Å². The fourth-order valence-corrected chi connectivity index (χ4v) is 1.37. The van der Waals surface area contributed by atoms with E-state index in [1.807, 2.05) is 24.3 Å². The molecule has 0 atom stereocenters. The number of methoxy groups -OCH3 is 1. The van der Waals surface area contributed by atoms with Crippen molar-refractivity contribution in [1.82, 2.24) is 0 Å². The van der Waals surface area contributed by atoms with E-state index in [2.05, 4.69) is 12.6 Å². The molecule has 15 heavy (non-hydrogen) atoms. The van der Waals surface area contributed by atoms with Crippen LogP contribution < -0.4 is 4.74 Å². The minimum atomic E-state index is 0.573. The number of ether oxygens (including phenoxy) is 1. The van der Waals surface area contributed by atoms with E-state index in [0.29, 0.717) is 11.3 Å². The summed E-state index contributed by atoms with van der Waals surface area (Å²) in [5, 5.41) is 0. The van der Waals surface area contributed by atoms with Gasteiger partial charge in [0.25, 0.3) is 0 Å². The minimum absolute atomic E-state index is 0.573. The Morgan fingerprint density at radius 2 is 2.27 bits per heavy atom. The van der Waals surface area contributed by atoms with Crippen molar-refractivity contribution in [3.63, 3.8) is 0 Å². The van der Waals surface area contributed by atoms with Crippen LogP contribution >= 0.6 is 12.6 Å². The zero-order valence-corrected chi connectivity index (χ0v) is 9.54. The van der Waals surface area contributed by atoms with E-state index in [-0.39, 0.29) is 0 Å². The molecule has 0 aliphatic carbocycles. The Hall–Kier alpha value is -1.22. The summed E-state index contributed by atoms with van der Waals surface area (Å²) < 4.78 is 5.10. The first-order valence-electron chi connectivity index (χ1n) is 4.72. The maximum Gasteiger partial charge on any atom is 0.153 e. The molecule has 0 unspecified atom stereocenters. The molecule has 0 bridgehead atoms. The van der Waals surface area contributed by atoms with Gasteiger partial charge in [0.05, 0.1) is 12.7 Å². The van der Waals surface area contributed by atoms with Gasteiger partial charge in [-0.3, -0.25) is 4.79 Å². The standard InChI is InChI=1S/C12H14O2S/c1-14-12-8-10(4-2-3-7-15)5-6-11(12)9-13/h2,4-6,8-9,15H,3,7H2,1H3. The highest BCUT2D eigenvalue weighted by Crippen LogP contribution is 2.19. The van der Waals surface area contributed by atoms with Gasteiger partial charge in [-0.05, 0) is 29.9 Å². The number of allylic oxidation sites excluding steroid dienone is 1. The van der Waals surface area contributed by atoms with Gasteiger partial charge >= 0.3 is 0 Å². The third-order valence-electron chi connectivity index (χ3n) is 1.99. The van der Waals surface area contributed by atoms with E-state index in [1.54, 1.807) is 13.2 Å². The lowest BCUT2D eigenvalue weighted by Crippen LogP contribution is -1.90. The largest absolute Gasteiger partial charge is 0.496 e. The summed E-state index contributed by atoms with van der Waals surface area (Å²) in [6.45, 7) is 0. The van der Waals surface area contributed by atoms with E-state index in [1.165, 1.54) is 0 Å². The summed E-state index contributed by atoms with van der Waals surface area (Å²) in [4.78, 5) is 10.6. The number of hydrogen-bond acceptors (Lipinski definition) is 3. The Morgan fingerprint density at radius 3 is 2.87 bits per heavy atom. The summed E-state index contributed by atoms with van der Waals surface area (Å²) in [5.41, 5.74) is 1.60. The molecule has 0 amide bonds. The molecule has 0 aromatic heterocycles. The van der Waals surface area contributed by atoms with Crippen molar-refractivity contribution in [2.24, 2.45) is 0 Å². The van der Waals surface area contributed by atoms with Gasteiger partial charge in [-0.15, -0.1) is 0 Å². The molecule has 80 valence electrons. The number of aldehydes is 1. The first kappa shape index (κ1) is 11.9. The van der Waals surface area contributed by atoms with Crippen molar-refractivity contribution in [2.75, 3.05) is 12.9 Å². The van der Waals surface area contributed by atoms with E-state index in [4.69, 9.17) is 4.74 Å². The Bertz CT molecular complexity index is 359. The molecular formula is C12H14O2S. The van der Waals surface area contributed by atoms with Crippen LogP contribution in [0, 0.1) is 0 Å². The van der Waals surface area contributed by atoms with Gasteiger partial charge in [-0.25, -0.2) is 0 Å². The second-order valence-corrected chi connectivity index (χ2v) is 3.48. The molecule has 0 aliphatic heterocycles. The molecule has 0 aliphatic rings. The van der Waals surface area contributed by atoms with Crippen LogP contribution in [-0.4, -0.2) is 19.1 Å². The van der Waals surface area contributed by atoms with Crippen LogP contribution in [0.5, 0.6) is 5.75 Å². The lowest BCUT2D eigenvalue weighted by Gasteiger charge is -2.03. The van der Waals surface area contributed by atoms with Crippen molar-refractivity contribution < 1.29 is 9.53 Å². The van der Waals surface area contributed by atoms with Crippen molar-refractivity contribution in [3.8, 4) is 5.75 Å². The molecule has 0 spiro atoms. The molecule has 2 nitrogen and oxygen atoms in total. The average Bonchev–Trinajstić information content (AvgIpc) is 2.29. The maximum absolute atomic E-state index is 10.6. The number of rotatable bonds is 5. The minimum Gasteiger partial charge on any atom is -0.496 e. The van der Waals surface area contributed by atoms with Crippen molar-refractivity contribution in [3.05, 3.63) is 35.4 Å². The predicted molar refractivity (Wildman–Crippen MR) is 65.9 cm³/mol. The quantitative estimate of drug-likeness (QED) is 0.612. The molecule has 0 saturated carbocycles. The van der Waals surface area contributed by atoms with E-state index < -0.39 is 0 Å². The van der Waals surface area contributed by atoms with Crippen LogP contribution in [0.15, 0.2) is 24.3 Å². The normalized spacial score (nSPS) is 10.5. The molecule has 1 rings (SSSR count). The molecule has 0 fully saturated rings. The lowest BCUT2D eigenvalue weighted by molar-refractivity contribution is 0.112. The Morgan fingerprint density at radius 1 is 1.47 bits per heavy atom. The molecule has 0 heterocycles. The Labute approximate surface area is 95.4 Å². The van der Waals surface area contributed by atoms with Gasteiger partial charge in [0.15, 0.2) is 6.29 Å². The zero-order valence-electron chi connectivity index (χ0n) is 8.64. The predicted octanol–water partition coefficient (Wildman–Crippen LogP) is 2.84. The van der Waals surface area contributed by atoms with Gasteiger partial charge in [-0.1, -0.05) is 18.2 Å². The molecule has 0 saturated heterocycles. The summed E-state index contributed by atoms with van der Waals surface area (Å²) in [6.07, 6.45) is 5.76. The third-order valence-corrected chi connectivity index (χ3v) is 2.25. The lowest BCUT2D eigenvalue weighted by atomic mass is 10.1. The van der Waals surface area contributed by atoms with Crippen LogP contribution in [0.4, 0.5) is 0 Å². The fraction of sp³-hybridized carbons (Fsp3) is 0.250. The highest BCUT2D eigenvalue weighted by Gasteiger charge is 2.00. The van der Waals surface area contributed by atoms with Crippen LogP contribution in [-0.2, 0) is 0 Å². The number of hydrogen-bond donors (Lipinski definition) is 1. The van der Waals surface area contributed by atoms with Crippen molar-refractivity contribution in [2.45, 2.75) is 6.42 Å². The maximum atomic E-state index is 10.6. The summed E-state index contributed by atoms with van der Waals surface area (Å²) in [7, 11) is 1.56. The van der Waals surface area contributed by atoms with Crippen LogP contribution in [0.25, 0.3) is 6.08 Å². The number of carbonyl (C=O) groups is 1. The van der Waals surface area contributed by atoms with Gasteiger partial charge in [0.1, 0.15) is 5.75 Å². The summed E-state index contributed by atoms with van der Waals surface area (Å²) >= 11 is 4.11. The Balaban J connectivity index is 2.88. The average molecular weight is 222 g/mol. The second kappa shape index (κ2) is 6.30. The molecule has 3 heteroatoms. The number of benzene rings is 1. The highest BCUT2D eigenvalue weighted by molar-refractivity contribution is 7.80. The highest BCUT2D eigenvalue weighted by atomic mass is 32.1. The first-order chi connectivity index (χ1) is 7.31. The number of carbonyl (C=O) groups excluding carboxylic acids is 1. The molecule has 0 N–H and O–H groups in total. The fourth-order valence-electron chi connectivity index (χ4n) is 1.22. The first-order valence-corrected chi connectivity index (χ1v) is 5.35. The van der Waals surface area contributed by atoms with Crippen LogP contribution in [0.2, 0.25) is 0 Å². The smallest absolute Gasteiger partial charge is 0.153 e. The summed E-state index contributed by atoms with van der Waals surface area (Å²) in [6, 6.07) is 5.49. The SMILES string of the molecule is COc1cc(C=CCCS)ccc1C=O. The van der Waals surface area contributed by atoms with Crippen molar-refractivity contribution in [1.29, 1.82) is 0 Å². The second-order valence-electron chi connectivity index (χ2n) is 3.03. The summed E-state index contributed by atoms with van der Waals surface area (Å²) in [5.74, 6) is 1.44. The zero-order chi connectivity index (χ0) is 11.1. The van der Waals surface area contributed by atoms with E-state index >= 15 is 0 Å². The molecule has 0 radical (unpaired) electrons. The third kappa shape index (κ3) is 3.44. The monoisotopic (exact) mass is 222 g/mol. The van der Waals surface area contributed by atoms with E-state index in [0.717, 1.165) is 24.0 Å². The number of thiol groups is 1. The molecule has 1 aromatic rings. The van der Waals surface area contributed by atoms with Crippen LogP contribution in [0.3, 0.4) is 0 Å². The molecular weight excluding hydrogens is 208 g/mol. The van der Waals surface area contributed by atoms with Gasteiger partial charge in [-0.2, -0.15) is 12.6 Å². The van der Waals surface area contributed by atoms with Crippen molar-refractivity contribution >= 4 is 25.0 Å². The van der Waals surface area contributed by atoms with E-state index in [9.17, 15) is 4.79 Å². The topological polar surface area (TPSA) is 26.3 Å². The molecule has 1 aromatic carbocycles.